The summed E-state index contributed by atoms with van der Waals surface area (Å²) in [5, 5.41) is 11.3. The van der Waals surface area contributed by atoms with Crippen molar-refractivity contribution in [1.82, 2.24) is 14.5 Å². The molecule has 7 nitrogen and oxygen atoms in total. The van der Waals surface area contributed by atoms with Crippen molar-refractivity contribution in [2.75, 3.05) is 12.9 Å². The maximum absolute atomic E-state index is 14.7. The molecule has 1 fully saturated rings. The molecule has 28 heavy (non-hydrogen) atoms. The van der Waals surface area contributed by atoms with Gasteiger partial charge in [-0.1, -0.05) is 11.8 Å². The van der Waals surface area contributed by atoms with Crippen molar-refractivity contribution in [1.29, 1.82) is 0 Å². The largest absolute Gasteiger partial charge is 0.461 e. The molecular weight excluding hydrogens is 392 g/mol. The zero-order valence-corrected chi connectivity index (χ0v) is 16.6. The van der Waals surface area contributed by atoms with Gasteiger partial charge >= 0.3 is 11.9 Å². The molecule has 0 radical (unpaired) electrons. The second kappa shape index (κ2) is 7.40. The van der Waals surface area contributed by atoms with E-state index in [2.05, 4.69) is 14.7 Å². The molecule has 1 saturated carbocycles. The summed E-state index contributed by atoms with van der Waals surface area (Å²) in [5.74, 6) is -5.93. The number of fused-ring (bicyclic) bond motifs is 1. The smallest absolute Gasteiger partial charge is 0.382 e. The van der Waals surface area contributed by atoms with Crippen LogP contribution in [-0.2, 0) is 15.5 Å². The number of carbonyl (C=O) groups excluding carboxylic acids is 1. The number of hydrogen-bond donors (Lipinski definition) is 1. The first-order chi connectivity index (χ1) is 13.1. The minimum absolute atomic E-state index is 0.153. The summed E-state index contributed by atoms with van der Waals surface area (Å²) in [6.45, 7) is 2.73. The fourth-order valence-corrected chi connectivity index (χ4v) is 3.92. The molecule has 2 aromatic heterocycles. The zero-order valence-electron chi connectivity index (χ0n) is 15.7. The number of aliphatic hydroxyl groups is 1. The number of aromatic nitrogens is 3. The highest BCUT2D eigenvalue weighted by Gasteiger charge is 2.47. The lowest BCUT2D eigenvalue weighted by molar-refractivity contribution is -0.173. The number of nitrogens with zero attached hydrogens (tertiary/aromatic N) is 3. The van der Waals surface area contributed by atoms with E-state index in [1.807, 2.05) is 0 Å². The number of rotatable bonds is 5. The van der Waals surface area contributed by atoms with Gasteiger partial charge in [-0.25, -0.2) is 14.8 Å². The maximum atomic E-state index is 14.7. The Morgan fingerprint density at radius 2 is 2.25 bits per heavy atom. The monoisotopic (exact) mass is 413 g/mol. The van der Waals surface area contributed by atoms with Crippen molar-refractivity contribution in [2.45, 2.75) is 55.8 Å². The van der Waals surface area contributed by atoms with E-state index in [1.54, 1.807) is 13.2 Å². The Morgan fingerprint density at radius 1 is 1.54 bits per heavy atom. The fraction of sp³-hybridized carbons (Fsp3) is 0.556. The Bertz CT molecular complexity index is 977. The zero-order chi connectivity index (χ0) is 20.7. The molecule has 2 heterocycles. The van der Waals surface area contributed by atoms with E-state index in [0.717, 1.165) is 10.6 Å². The van der Waals surface area contributed by atoms with Crippen LogP contribution < -0.4 is 5.56 Å². The minimum Gasteiger partial charge on any atom is -0.461 e. The number of esters is 1. The quantitative estimate of drug-likeness (QED) is 0.457. The first kappa shape index (κ1) is 20.7. The number of ether oxygens (including phenoxy) is 1. The Balaban J connectivity index is 2.33. The topological polar surface area (TPSA) is 94.3 Å². The van der Waals surface area contributed by atoms with Crippen LogP contribution in [0.2, 0.25) is 0 Å². The van der Waals surface area contributed by atoms with Gasteiger partial charge in [-0.05, 0) is 45.4 Å². The highest BCUT2D eigenvalue weighted by Crippen LogP contribution is 2.40. The molecular formula is C18H21F2N3O4S. The predicted octanol–water partition coefficient (Wildman–Crippen LogP) is 2.64. The molecule has 10 heteroatoms. The molecule has 0 saturated heterocycles. The third-order valence-corrected chi connectivity index (χ3v) is 5.56. The molecule has 0 spiro atoms. The van der Waals surface area contributed by atoms with E-state index >= 15 is 0 Å². The molecule has 0 aliphatic heterocycles. The predicted molar refractivity (Wildman–Crippen MR) is 99.6 cm³/mol. The van der Waals surface area contributed by atoms with Crippen LogP contribution >= 0.6 is 11.8 Å². The molecule has 0 amide bonds. The van der Waals surface area contributed by atoms with Crippen molar-refractivity contribution in [3.05, 3.63) is 28.2 Å². The first-order valence-corrected chi connectivity index (χ1v) is 10.1. The van der Waals surface area contributed by atoms with Crippen LogP contribution in [0, 0.1) is 0 Å². The summed E-state index contributed by atoms with van der Waals surface area (Å²) < 4.78 is 35.0. The lowest BCUT2D eigenvalue weighted by atomic mass is 9.99. The van der Waals surface area contributed by atoms with E-state index in [-0.39, 0.29) is 17.6 Å². The molecule has 3 rings (SSSR count). The fourth-order valence-electron chi connectivity index (χ4n) is 3.59. The van der Waals surface area contributed by atoms with E-state index in [9.17, 15) is 23.5 Å². The highest BCUT2D eigenvalue weighted by molar-refractivity contribution is 7.98. The lowest BCUT2D eigenvalue weighted by Crippen LogP contribution is -2.42. The van der Waals surface area contributed by atoms with Crippen LogP contribution in [0.3, 0.4) is 0 Å². The standard InChI is InChI=1S/C18H21F2N3O4S/c1-4-27-15(25)18(19,20)11-8-10-9-21-16(28-3)22-13(10)23(14(11)24)12-6-5-7-17(12,2)26/h8-9,12,26H,4-7H2,1-3H3/t12-,17-/m1/s1. The van der Waals surface area contributed by atoms with Crippen molar-refractivity contribution in [2.24, 2.45) is 0 Å². The van der Waals surface area contributed by atoms with Gasteiger partial charge in [-0.15, -0.1) is 0 Å². The lowest BCUT2D eigenvalue weighted by Gasteiger charge is -2.29. The van der Waals surface area contributed by atoms with E-state index in [1.165, 1.54) is 24.9 Å². The Hall–Kier alpha value is -2.07. The van der Waals surface area contributed by atoms with Crippen molar-refractivity contribution < 1.29 is 23.4 Å². The van der Waals surface area contributed by atoms with E-state index in [4.69, 9.17) is 0 Å². The summed E-state index contributed by atoms with van der Waals surface area (Å²) in [6, 6.07) is 0.184. The molecule has 1 aliphatic rings. The summed E-state index contributed by atoms with van der Waals surface area (Å²) in [5.41, 5.74) is -3.19. The summed E-state index contributed by atoms with van der Waals surface area (Å²) >= 11 is 1.24. The summed E-state index contributed by atoms with van der Waals surface area (Å²) in [6.07, 6.45) is 4.56. The van der Waals surface area contributed by atoms with Crippen LogP contribution in [0.25, 0.3) is 11.0 Å². The van der Waals surface area contributed by atoms with Crippen LogP contribution in [-0.4, -0.2) is 44.1 Å². The maximum Gasteiger partial charge on any atom is 0.382 e. The van der Waals surface area contributed by atoms with Gasteiger partial charge in [0.25, 0.3) is 5.56 Å². The van der Waals surface area contributed by atoms with Crippen molar-refractivity contribution in [3.8, 4) is 0 Å². The van der Waals surface area contributed by atoms with Crippen molar-refractivity contribution in [3.63, 3.8) is 0 Å². The first-order valence-electron chi connectivity index (χ1n) is 8.87. The molecule has 152 valence electrons. The number of thioether (sulfide) groups is 1. The molecule has 0 aromatic carbocycles. The van der Waals surface area contributed by atoms with Crippen LogP contribution in [0.15, 0.2) is 22.2 Å². The Kier molecular flexibility index (Phi) is 5.46. The molecule has 0 bridgehead atoms. The summed E-state index contributed by atoms with van der Waals surface area (Å²) in [4.78, 5) is 33.3. The molecule has 1 N–H and O–H groups in total. The van der Waals surface area contributed by atoms with Gasteiger partial charge in [0.05, 0.1) is 23.8 Å². The van der Waals surface area contributed by atoms with Gasteiger partial charge in [-0.3, -0.25) is 9.36 Å². The van der Waals surface area contributed by atoms with E-state index in [0.29, 0.717) is 24.4 Å². The SMILES string of the molecule is CCOC(=O)C(F)(F)c1cc2cnc(SC)nc2n([C@@H]2CCC[C@@]2(C)O)c1=O. The van der Waals surface area contributed by atoms with Gasteiger partial charge in [0.2, 0.25) is 0 Å². The number of pyridine rings is 1. The number of hydrogen-bond acceptors (Lipinski definition) is 7. The van der Waals surface area contributed by atoms with Crippen LogP contribution in [0.1, 0.15) is 44.7 Å². The van der Waals surface area contributed by atoms with Crippen LogP contribution in [0.4, 0.5) is 8.78 Å². The number of carbonyl (C=O) groups is 1. The molecule has 1 aliphatic carbocycles. The minimum atomic E-state index is -4.13. The van der Waals surface area contributed by atoms with Crippen molar-refractivity contribution >= 4 is 28.8 Å². The second-order valence-electron chi connectivity index (χ2n) is 6.93. The van der Waals surface area contributed by atoms with Gasteiger partial charge < -0.3 is 9.84 Å². The summed E-state index contributed by atoms with van der Waals surface area (Å²) in [7, 11) is 0. The van der Waals surface area contributed by atoms with Gasteiger partial charge in [0, 0.05) is 11.6 Å². The second-order valence-corrected chi connectivity index (χ2v) is 7.70. The third kappa shape index (κ3) is 3.39. The van der Waals surface area contributed by atoms with Gasteiger partial charge in [0.1, 0.15) is 5.65 Å². The molecule has 2 aromatic rings. The highest BCUT2D eigenvalue weighted by atomic mass is 32.2. The van der Waals surface area contributed by atoms with Gasteiger partial charge in [-0.2, -0.15) is 8.78 Å². The number of halogens is 2. The third-order valence-electron chi connectivity index (χ3n) is 4.99. The average Bonchev–Trinajstić information content (AvgIpc) is 2.99. The van der Waals surface area contributed by atoms with E-state index < -0.39 is 34.7 Å². The van der Waals surface area contributed by atoms with Gasteiger partial charge in [0.15, 0.2) is 5.16 Å². The average molecular weight is 413 g/mol. The van der Waals surface area contributed by atoms with Crippen LogP contribution in [0.5, 0.6) is 0 Å². The normalized spacial score (nSPS) is 22.6. The Morgan fingerprint density at radius 3 is 2.82 bits per heavy atom. The molecule has 2 atom stereocenters. The Labute approximate surface area is 164 Å². The molecule has 0 unspecified atom stereocenters. The number of alkyl halides is 2.